The van der Waals surface area contributed by atoms with Crippen LogP contribution in [0.1, 0.15) is 6.42 Å². The fourth-order valence-electron chi connectivity index (χ4n) is 0.148. The summed E-state index contributed by atoms with van der Waals surface area (Å²) in [5.74, 6) is 0. The van der Waals surface area contributed by atoms with Gasteiger partial charge in [-0.05, 0) is 0 Å². The molecule has 0 saturated carbocycles. The van der Waals surface area contributed by atoms with E-state index in [1.165, 1.54) is 0 Å². The Balaban J connectivity index is 0. The molecule has 0 amide bonds. The van der Waals surface area contributed by atoms with Gasteiger partial charge in [0.1, 0.15) is 0 Å². The van der Waals surface area contributed by atoms with Gasteiger partial charge in [0.25, 0.3) is 0 Å². The molecule has 7 heavy (non-hydrogen) atoms. The van der Waals surface area contributed by atoms with Crippen molar-refractivity contribution in [2.24, 2.45) is 0 Å². The predicted molar refractivity (Wildman–Crippen MR) is 22.1 cm³/mol. The maximum absolute atomic E-state index is 7.87. The maximum Gasteiger partial charge on any atom is 0.0645 e. The average Bonchev–Trinajstić information content (AvgIpc) is 1.61. The predicted octanol–water partition coefficient (Wildman–Crippen LogP) is 0.544. The van der Waals surface area contributed by atoms with Crippen LogP contribution in [0.5, 0.6) is 0 Å². The third-order valence-electron chi connectivity index (χ3n) is 0.418. The van der Waals surface area contributed by atoms with E-state index in [1.807, 2.05) is 6.07 Å². The summed E-state index contributed by atoms with van der Waals surface area (Å²) in [6, 6.07) is 1.94. The van der Waals surface area contributed by atoms with Crippen LogP contribution in [0.4, 0.5) is 0 Å². The van der Waals surface area contributed by atoms with E-state index in [1.54, 1.807) is 7.11 Å². The maximum atomic E-state index is 7.87. The number of rotatable bonds is 2. The van der Waals surface area contributed by atoms with Gasteiger partial charge >= 0.3 is 0 Å². The van der Waals surface area contributed by atoms with Crippen molar-refractivity contribution in [3.05, 3.63) is 0 Å². The van der Waals surface area contributed by atoms with Crippen molar-refractivity contribution in [3.8, 4) is 6.07 Å². The zero-order valence-electron chi connectivity index (χ0n) is 4.09. The molecule has 0 spiro atoms. The van der Waals surface area contributed by atoms with Gasteiger partial charge in [0.2, 0.25) is 0 Å². The summed E-state index contributed by atoms with van der Waals surface area (Å²) in [7, 11) is 1.58. The molecule has 0 saturated heterocycles. The molecule has 0 aromatic rings. The normalized spacial score (nSPS) is 6.29. The first-order valence-corrected chi connectivity index (χ1v) is 1.77. The van der Waals surface area contributed by atoms with Crippen LogP contribution >= 0.6 is 0 Å². The first-order chi connectivity index (χ1) is 2.91. The van der Waals surface area contributed by atoms with Crippen molar-refractivity contribution < 1.29 is 25.8 Å². The van der Waals surface area contributed by atoms with Crippen LogP contribution in [0.15, 0.2) is 0 Å². The van der Waals surface area contributed by atoms with E-state index in [0.29, 0.717) is 13.0 Å². The second kappa shape index (κ2) is 9.46. The second-order valence-corrected chi connectivity index (χ2v) is 0.901. The van der Waals surface area contributed by atoms with Crippen LogP contribution in [-0.4, -0.2) is 13.7 Å². The van der Waals surface area contributed by atoms with E-state index >= 15 is 0 Å². The molecule has 0 bridgehead atoms. The molecule has 0 aliphatic carbocycles. The SMILES string of the molecule is COCCC#N.[Pt]. The van der Waals surface area contributed by atoms with Crippen molar-refractivity contribution in [3.63, 3.8) is 0 Å². The number of nitriles is 1. The smallest absolute Gasteiger partial charge is 0.0645 e. The molecule has 0 N–H and O–H groups in total. The minimum absolute atomic E-state index is 0. The molecule has 44 valence electrons. The first kappa shape index (κ1) is 10.2. The minimum Gasteiger partial charge on any atom is -0.384 e. The Hall–Kier alpha value is 0.138. The molecular weight excluding hydrogens is 273 g/mol. The van der Waals surface area contributed by atoms with Crippen molar-refractivity contribution in [1.82, 2.24) is 0 Å². The summed E-state index contributed by atoms with van der Waals surface area (Å²) in [4.78, 5) is 0. The van der Waals surface area contributed by atoms with Gasteiger partial charge in [-0.3, -0.25) is 0 Å². The molecule has 0 radical (unpaired) electrons. The van der Waals surface area contributed by atoms with Crippen LogP contribution in [0.3, 0.4) is 0 Å². The van der Waals surface area contributed by atoms with Crippen LogP contribution in [0.25, 0.3) is 0 Å². The Morgan fingerprint density at radius 1 is 1.71 bits per heavy atom. The van der Waals surface area contributed by atoms with Gasteiger partial charge in [-0.2, -0.15) is 5.26 Å². The minimum atomic E-state index is 0. The first-order valence-electron chi connectivity index (χ1n) is 1.77. The second-order valence-electron chi connectivity index (χ2n) is 0.901. The van der Waals surface area contributed by atoms with E-state index in [2.05, 4.69) is 4.74 Å². The van der Waals surface area contributed by atoms with Gasteiger partial charge in [-0.25, -0.2) is 0 Å². The molecule has 3 heteroatoms. The quantitative estimate of drug-likeness (QED) is 0.692. The molecule has 0 atom stereocenters. The summed E-state index contributed by atoms with van der Waals surface area (Å²) in [5.41, 5.74) is 0. The molecule has 0 rings (SSSR count). The molecule has 0 fully saturated rings. The molecule has 0 aromatic carbocycles. The van der Waals surface area contributed by atoms with Crippen LogP contribution < -0.4 is 0 Å². The standard InChI is InChI=1S/C4H7NO.Pt/c1-6-4-2-3-5;/h2,4H2,1H3;. The number of nitrogens with zero attached hydrogens (tertiary/aromatic N) is 1. The Morgan fingerprint density at radius 3 is 2.43 bits per heavy atom. The van der Waals surface area contributed by atoms with Crippen LogP contribution in [0.2, 0.25) is 0 Å². The van der Waals surface area contributed by atoms with Gasteiger partial charge in [-0.15, -0.1) is 0 Å². The Labute approximate surface area is 57.7 Å². The number of ether oxygens (including phenoxy) is 1. The fourth-order valence-corrected chi connectivity index (χ4v) is 0.148. The molecular formula is C4H7NOPt. The number of hydrogen-bond acceptors (Lipinski definition) is 2. The Morgan fingerprint density at radius 2 is 2.29 bits per heavy atom. The summed E-state index contributed by atoms with van der Waals surface area (Å²) >= 11 is 0. The van der Waals surface area contributed by atoms with Crippen molar-refractivity contribution in [1.29, 1.82) is 5.26 Å². The fraction of sp³-hybridized carbons (Fsp3) is 0.750. The topological polar surface area (TPSA) is 33.0 Å². The number of methoxy groups -OCH3 is 1. The number of hydrogen-bond donors (Lipinski definition) is 0. The summed E-state index contributed by atoms with van der Waals surface area (Å²) in [5, 5.41) is 7.87. The van der Waals surface area contributed by atoms with Gasteiger partial charge in [0.15, 0.2) is 0 Å². The average molecular weight is 280 g/mol. The monoisotopic (exact) mass is 280 g/mol. The summed E-state index contributed by atoms with van der Waals surface area (Å²) in [6.07, 6.45) is 0.497. The van der Waals surface area contributed by atoms with Gasteiger partial charge in [0, 0.05) is 28.2 Å². The molecule has 0 unspecified atom stereocenters. The van der Waals surface area contributed by atoms with Crippen LogP contribution in [-0.2, 0) is 25.8 Å². The molecule has 2 nitrogen and oxygen atoms in total. The van der Waals surface area contributed by atoms with Gasteiger partial charge in [-0.1, -0.05) is 0 Å². The zero-order valence-corrected chi connectivity index (χ0v) is 6.36. The van der Waals surface area contributed by atoms with Crippen molar-refractivity contribution >= 4 is 0 Å². The van der Waals surface area contributed by atoms with Crippen molar-refractivity contribution in [2.45, 2.75) is 6.42 Å². The summed E-state index contributed by atoms with van der Waals surface area (Å²) < 4.78 is 4.56. The summed E-state index contributed by atoms with van der Waals surface area (Å²) in [6.45, 7) is 0.552. The van der Waals surface area contributed by atoms with Gasteiger partial charge in [0.05, 0.1) is 19.1 Å². The molecule has 0 aromatic heterocycles. The van der Waals surface area contributed by atoms with Crippen molar-refractivity contribution in [2.75, 3.05) is 13.7 Å². The van der Waals surface area contributed by atoms with E-state index in [0.717, 1.165) is 0 Å². The largest absolute Gasteiger partial charge is 0.384 e. The van der Waals surface area contributed by atoms with E-state index in [9.17, 15) is 0 Å². The third-order valence-corrected chi connectivity index (χ3v) is 0.418. The van der Waals surface area contributed by atoms with E-state index in [4.69, 9.17) is 5.26 Å². The molecule has 0 aliphatic rings. The molecule has 0 aliphatic heterocycles. The van der Waals surface area contributed by atoms with Crippen LogP contribution in [0, 0.1) is 11.3 Å². The van der Waals surface area contributed by atoms with E-state index in [-0.39, 0.29) is 21.1 Å². The zero-order chi connectivity index (χ0) is 4.83. The van der Waals surface area contributed by atoms with E-state index < -0.39 is 0 Å². The Bertz CT molecular complexity index is 59.2. The van der Waals surface area contributed by atoms with Gasteiger partial charge < -0.3 is 4.74 Å². The molecule has 0 heterocycles. The third kappa shape index (κ3) is 10.7. The Kier molecular flexibility index (Phi) is 13.8.